The van der Waals surface area contributed by atoms with Gasteiger partial charge in [-0.1, -0.05) is 6.92 Å². The Hall–Kier alpha value is -2.25. The Morgan fingerprint density at radius 3 is 2.72 bits per heavy atom. The zero-order valence-electron chi connectivity index (χ0n) is 18.9. The van der Waals surface area contributed by atoms with E-state index in [1.54, 1.807) is 4.90 Å². The van der Waals surface area contributed by atoms with Gasteiger partial charge in [0.25, 0.3) is 0 Å². The summed E-state index contributed by atoms with van der Waals surface area (Å²) in [4.78, 5) is 25.3. The van der Waals surface area contributed by atoms with E-state index in [1.807, 2.05) is 46.4 Å². The number of aromatic nitrogens is 2. The maximum absolute atomic E-state index is 12.3. The summed E-state index contributed by atoms with van der Waals surface area (Å²) in [5, 5.41) is 3.41. The molecule has 0 aromatic carbocycles. The second-order valence-electron chi connectivity index (χ2n) is 8.58. The van der Waals surface area contributed by atoms with Gasteiger partial charge in [0, 0.05) is 45.1 Å². The number of amides is 1. The molecule has 1 fully saturated rings. The molecule has 8 nitrogen and oxygen atoms in total. The molecule has 8 heteroatoms. The number of guanidine groups is 1. The highest BCUT2D eigenvalue weighted by Gasteiger charge is 2.29. The SMILES string of the molecule is CCNC(=NCCN(CC)C(=O)OC(C)(C)C)N1CCC(C)C(n2ccnc2)C1. The van der Waals surface area contributed by atoms with Crippen molar-refractivity contribution in [2.75, 3.05) is 39.3 Å². The number of carbonyl (C=O) groups excluding carboxylic acids is 1. The van der Waals surface area contributed by atoms with Crippen molar-refractivity contribution in [3.05, 3.63) is 18.7 Å². The van der Waals surface area contributed by atoms with Crippen LogP contribution in [0.3, 0.4) is 0 Å². The summed E-state index contributed by atoms with van der Waals surface area (Å²) in [5.41, 5.74) is -0.491. The van der Waals surface area contributed by atoms with Crippen LogP contribution in [-0.2, 0) is 4.74 Å². The van der Waals surface area contributed by atoms with Crippen molar-refractivity contribution >= 4 is 12.1 Å². The summed E-state index contributed by atoms with van der Waals surface area (Å²) in [6.45, 7) is 16.3. The Labute approximate surface area is 175 Å². The molecule has 1 aliphatic heterocycles. The highest BCUT2D eigenvalue weighted by atomic mass is 16.6. The van der Waals surface area contributed by atoms with Crippen LogP contribution >= 0.6 is 0 Å². The molecule has 1 saturated heterocycles. The summed E-state index contributed by atoms with van der Waals surface area (Å²) in [5.74, 6) is 1.50. The van der Waals surface area contributed by atoms with E-state index in [4.69, 9.17) is 9.73 Å². The largest absolute Gasteiger partial charge is 0.444 e. The van der Waals surface area contributed by atoms with Crippen LogP contribution < -0.4 is 5.32 Å². The van der Waals surface area contributed by atoms with Gasteiger partial charge in [-0.15, -0.1) is 0 Å². The van der Waals surface area contributed by atoms with E-state index in [0.717, 1.165) is 32.0 Å². The molecule has 2 unspecified atom stereocenters. The van der Waals surface area contributed by atoms with Gasteiger partial charge in [-0.2, -0.15) is 0 Å². The normalized spacial score (nSPS) is 20.5. The van der Waals surface area contributed by atoms with Gasteiger partial charge in [0.15, 0.2) is 5.96 Å². The number of nitrogens with one attached hydrogen (secondary N) is 1. The van der Waals surface area contributed by atoms with Crippen molar-refractivity contribution in [3.8, 4) is 0 Å². The number of hydrogen-bond donors (Lipinski definition) is 1. The van der Waals surface area contributed by atoms with Crippen LogP contribution in [0.15, 0.2) is 23.7 Å². The van der Waals surface area contributed by atoms with Gasteiger partial charge in [0.1, 0.15) is 5.60 Å². The van der Waals surface area contributed by atoms with E-state index in [0.29, 0.717) is 31.6 Å². The van der Waals surface area contributed by atoms with Crippen LogP contribution in [0.5, 0.6) is 0 Å². The van der Waals surface area contributed by atoms with Crippen molar-refractivity contribution < 1.29 is 9.53 Å². The molecule has 29 heavy (non-hydrogen) atoms. The number of piperidine rings is 1. The fourth-order valence-electron chi connectivity index (χ4n) is 3.50. The number of aliphatic imine (C=N–C) groups is 1. The van der Waals surface area contributed by atoms with Gasteiger partial charge < -0.3 is 24.4 Å². The maximum Gasteiger partial charge on any atom is 0.410 e. The fourth-order valence-corrected chi connectivity index (χ4v) is 3.50. The van der Waals surface area contributed by atoms with Crippen LogP contribution in [-0.4, -0.2) is 76.3 Å². The van der Waals surface area contributed by atoms with Crippen LogP contribution in [0.4, 0.5) is 4.79 Å². The Morgan fingerprint density at radius 2 is 2.14 bits per heavy atom. The van der Waals surface area contributed by atoms with Crippen LogP contribution in [0.2, 0.25) is 0 Å². The maximum atomic E-state index is 12.3. The molecule has 2 heterocycles. The molecular weight excluding hydrogens is 368 g/mol. The number of hydrogen-bond acceptors (Lipinski definition) is 4. The molecule has 0 saturated carbocycles. The van der Waals surface area contributed by atoms with Crippen molar-refractivity contribution in [1.82, 2.24) is 24.7 Å². The molecule has 0 radical (unpaired) electrons. The third-order valence-electron chi connectivity index (χ3n) is 5.13. The lowest BCUT2D eigenvalue weighted by molar-refractivity contribution is 0.0266. The van der Waals surface area contributed by atoms with Crippen LogP contribution in [0, 0.1) is 5.92 Å². The minimum absolute atomic E-state index is 0.285. The first-order valence-corrected chi connectivity index (χ1v) is 10.7. The number of carbonyl (C=O) groups is 1. The lowest BCUT2D eigenvalue weighted by atomic mass is 9.93. The number of ether oxygens (including phenoxy) is 1. The molecule has 1 N–H and O–H groups in total. The topological polar surface area (TPSA) is 75.0 Å². The third-order valence-corrected chi connectivity index (χ3v) is 5.13. The zero-order valence-corrected chi connectivity index (χ0v) is 18.9. The molecule has 164 valence electrons. The van der Waals surface area contributed by atoms with E-state index in [-0.39, 0.29) is 6.09 Å². The van der Waals surface area contributed by atoms with Crippen molar-refractivity contribution in [2.24, 2.45) is 10.9 Å². The van der Waals surface area contributed by atoms with E-state index in [9.17, 15) is 4.79 Å². The van der Waals surface area contributed by atoms with Crippen molar-refractivity contribution in [3.63, 3.8) is 0 Å². The molecule has 0 aliphatic carbocycles. The van der Waals surface area contributed by atoms with Gasteiger partial charge in [-0.3, -0.25) is 4.99 Å². The standard InChI is InChI=1S/C21H38N6O2/c1-7-23-19(24-11-14-25(8-2)20(28)29-21(4,5)6)26-12-9-17(3)18(15-26)27-13-10-22-16-27/h10,13,16-18H,7-9,11-12,14-15H2,1-6H3,(H,23,24). The number of imidazole rings is 1. The molecule has 0 bridgehead atoms. The highest BCUT2D eigenvalue weighted by Crippen LogP contribution is 2.27. The number of likely N-dealkylation sites (N-methyl/N-ethyl adjacent to an activating group) is 1. The lowest BCUT2D eigenvalue weighted by Gasteiger charge is -2.39. The number of likely N-dealkylation sites (tertiary alicyclic amines) is 1. The molecule has 0 spiro atoms. The third kappa shape index (κ3) is 6.94. The summed E-state index contributed by atoms with van der Waals surface area (Å²) >= 11 is 0. The summed E-state index contributed by atoms with van der Waals surface area (Å²) in [6.07, 6.45) is 6.59. The summed E-state index contributed by atoms with van der Waals surface area (Å²) < 4.78 is 7.68. The van der Waals surface area contributed by atoms with E-state index < -0.39 is 5.60 Å². The molecule has 2 atom stereocenters. The number of nitrogens with zero attached hydrogens (tertiary/aromatic N) is 5. The monoisotopic (exact) mass is 406 g/mol. The number of rotatable bonds is 6. The molecule has 2 rings (SSSR count). The minimum Gasteiger partial charge on any atom is -0.444 e. The first kappa shape index (κ1) is 23.0. The average Bonchev–Trinajstić information content (AvgIpc) is 3.18. The second kappa shape index (κ2) is 10.5. The first-order chi connectivity index (χ1) is 13.7. The summed E-state index contributed by atoms with van der Waals surface area (Å²) in [6, 6.07) is 0.379. The average molecular weight is 407 g/mol. The zero-order chi connectivity index (χ0) is 21.4. The quantitative estimate of drug-likeness (QED) is 0.581. The van der Waals surface area contributed by atoms with E-state index >= 15 is 0 Å². The van der Waals surface area contributed by atoms with Crippen molar-refractivity contribution in [2.45, 2.75) is 59.6 Å². The van der Waals surface area contributed by atoms with Gasteiger partial charge in [0.05, 0.1) is 18.9 Å². The van der Waals surface area contributed by atoms with Gasteiger partial charge in [-0.05, 0) is 47.0 Å². The molecule has 1 aromatic rings. The van der Waals surface area contributed by atoms with Crippen LogP contribution in [0.25, 0.3) is 0 Å². The smallest absolute Gasteiger partial charge is 0.410 e. The van der Waals surface area contributed by atoms with Crippen molar-refractivity contribution in [1.29, 1.82) is 0 Å². The molecule has 1 amide bonds. The Balaban J connectivity index is 2.00. The van der Waals surface area contributed by atoms with Gasteiger partial charge in [-0.25, -0.2) is 9.78 Å². The van der Waals surface area contributed by atoms with Gasteiger partial charge in [0.2, 0.25) is 0 Å². The highest BCUT2D eigenvalue weighted by molar-refractivity contribution is 5.80. The van der Waals surface area contributed by atoms with Gasteiger partial charge >= 0.3 is 6.09 Å². The Kier molecular flexibility index (Phi) is 8.34. The molecular formula is C21H38N6O2. The second-order valence-corrected chi connectivity index (χ2v) is 8.58. The van der Waals surface area contributed by atoms with Crippen LogP contribution in [0.1, 0.15) is 54.0 Å². The predicted molar refractivity (Wildman–Crippen MR) is 116 cm³/mol. The van der Waals surface area contributed by atoms with E-state index in [2.05, 4.69) is 33.6 Å². The Bertz CT molecular complexity index is 653. The van der Waals surface area contributed by atoms with E-state index in [1.165, 1.54) is 0 Å². The minimum atomic E-state index is -0.491. The predicted octanol–water partition coefficient (Wildman–Crippen LogP) is 2.99. The summed E-state index contributed by atoms with van der Waals surface area (Å²) in [7, 11) is 0. The first-order valence-electron chi connectivity index (χ1n) is 10.7. The Morgan fingerprint density at radius 1 is 1.38 bits per heavy atom. The fraction of sp³-hybridized carbons (Fsp3) is 0.762. The molecule has 1 aromatic heterocycles. The lowest BCUT2D eigenvalue weighted by Crippen LogP contribution is -2.49. The molecule has 1 aliphatic rings.